The Kier molecular flexibility index (Phi) is 10.5. The molecule has 0 aromatic heterocycles. The standard InChI is InChI=1S/C13H20N2O4S2/c1-5-8-21-13(20)15(4)14-9-10(11(16)18-6-2)12(17)19-7-3/h5,9-10H,1,6-8H2,2-4H3/b14-9+. The Morgan fingerprint density at radius 2 is 1.86 bits per heavy atom. The number of ether oxygens (including phenoxy) is 2. The summed E-state index contributed by atoms with van der Waals surface area (Å²) < 4.78 is 10.2. The van der Waals surface area contributed by atoms with Gasteiger partial charge in [-0.1, -0.05) is 30.1 Å². The monoisotopic (exact) mass is 332 g/mol. The van der Waals surface area contributed by atoms with E-state index in [9.17, 15) is 9.59 Å². The highest BCUT2D eigenvalue weighted by Crippen LogP contribution is 2.09. The Labute approximate surface area is 134 Å². The Morgan fingerprint density at radius 1 is 1.33 bits per heavy atom. The molecule has 0 aliphatic heterocycles. The average Bonchev–Trinajstić information content (AvgIpc) is 2.45. The predicted octanol–water partition coefficient (Wildman–Crippen LogP) is 1.85. The number of rotatable bonds is 8. The first-order chi connectivity index (χ1) is 9.97. The van der Waals surface area contributed by atoms with Crippen molar-refractivity contribution in [2.45, 2.75) is 13.8 Å². The number of esters is 2. The van der Waals surface area contributed by atoms with Gasteiger partial charge < -0.3 is 9.47 Å². The Balaban J connectivity index is 4.81. The minimum absolute atomic E-state index is 0.173. The summed E-state index contributed by atoms with van der Waals surface area (Å²) in [5, 5.41) is 5.39. The third-order valence-corrected chi connectivity index (χ3v) is 3.59. The minimum atomic E-state index is -1.19. The quantitative estimate of drug-likeness (QED) is 0.168. The number of hydrogen-bond donors (Lipinski definition) is 0. The summed E-state index contributed by atoms with van der Waals surface area (Å²) >= 11 is 6.49. The van der Waals surface area contributed by atoms with E-state index in [-0.39, 0.29) is 13.2 Å². The van der Waals surface area contributed by atoms with Crippen molar-refractivity contribution in [2.24, 2.45) is 11.0 Å². The molecule has 0 aliphatic carbocycles. The summed E-state index contributed by atoms with van der Waals surface area (Å²) in [4.78, 5) is 23.5. The summed E-state index contributed by atoms with van der Waals surface area (Å²) in [7, 11) is 1.63. The Morgan fingerprint density at radius 3 is 2.29 bits per heavy atom. The van der Waals surface area contributed by atoms with Crippen LogP contribution in [0.3, 0.4) is 0 Å². The lowest BCUT2D eigenvalue weighted by Gasteiger charge is -2.14. The maximum Gasteiger partial charge on any atom is 0.325 e. The van der Waals surface area contributed by atoms with Crippen molar-refractivity contribution < 1.29 is 19.1 Å². The van der Waals surface area contributed by atoms with Gasteiger partial charge in [0.1, 0.15) is 0 Å². The lowest BCUT2D eigenvalue weighted by molar-refractivity contribution is -0.157. The van der Waals surface area contributed by atoms with E-state index >= 15 is 0 Å². The topological polar surface area (TPSA) is 68.2 Å². The van der Waals surface area contributed by atoms with Crippen molar-refractivity contribution in [3.63, 3.8) is 0 Å². The Bertz CT molecular complexity index is 395. The van der Waals surface area contributed by atoms with E-state index in [1.165, 1.54) is 23.0 Å². The molecular formula is C13H20N2O4S2. The van der Waals surface area contributed by atoms with E-state index in [0.717, 1.165) is 0 Å². The molecule has 21 heavy (non-hydrogen) atoms. The van der Waals surface area contributed by atoms with Gasteiger partial charge in [-0.05, 0) is 13.8 Å². The van der Waals surface area contributed by atoms with Crippen LogP contribution >= 0.6 is 24.0 Å². The van der Waals surface area contributed by atoms with Crippen LogP contribution < -0.4 is 0 Å². The normalized spacial score (nSPS) is 10.5. The predicted molar refractivity (Wildman–Crippen MR) is 88.3 cm³/mol. The first kappa shape index (κ1) is 19.6. The second-order valence-electron chi connectivity index (χ2n) is 3.64. The molecule has 0 bridgehead atoms. The average molecular weight is 332 g/mol. The fourth-order valence-electron chi connectivity index (χ4n) is 1.12. The van der Waals surface area contributed by atoms with Crippen LogP contribution in [-0.2, 0) is 19.1 Å². The van der Waals surface area contributed by atoms with Gasteiger partial charge in [-0.2, -0.15) is 5.10 Å². The molecule has 0 heterocycles. The SMILES string of the molecule is C=CCSC(=S)N(C)/N=C/C(C(=O)OCC)C(=O)OCC. The van der Waals surface area contributed by atoms with Crippen LogP contribution in [0.4, 0.5) is 0 Å². The van der Waals surface area contributed by atoms with Gasteiger partial charge in [0.2, 0.25) is 0 Å². The van der Waals surface area contributed by atoms with E-state index in [1.54, 1.807) is 27.0 Å². The third-order valence-electron chi connectivity index (χ3n) is 2.06. The number of hydrogen-bond acceptors (Lipinski definition) is 7. The van der Waals surface area contributed by atoms with Crippen molar-refractivity contribution >= 4 is 46.5 Å². The fourth-order valence-corrected chi connectivity index (χ4v) is 1.87. The first-order valence-electron chi connectivity index (χ1n) is 6.36. The second kappa shape index (κ2) is 11.3. The van der Waals surface area contributed by atoms with Gasteiger partial charge >= 0.3 is 11.9 Å². The zero-order chi connectivity index (χ0) is 16.3. The number of thioether (sulfide) groups is 1. The molecule has 0 radical (unpaired) electrons. The molecule has 0 saturated carbocycles. The smallest absolute Gasteiger partial charge is 0.325 e. The van der Waals surface area contributed by atoms with Crippen LogP contribution in [0, 0.1) is 5.92 Å². The molecule has 0 N–H and O–H groups in total. The largest absolute Gasteiger partial charge is 0.465 e. The summed E-state index contributed by atoms with van der Waals surface area (Å²) in [5.41, 5.74) is 0. The third kappa shape index (κ3) is 7.81. The van der Waals surface area contributed by atoms with E-state index < -0.39 is 17.9 Å². The number of nitrogens with zero attached hydrogens (tertiary/aromatic N) is 2. The van der Waals surface area contributed by atoms with Crippen molar-refractivity contribution in [1.82, 2.24) is 5.01 Å². The number of carbonyl (C=O) groups is 2. The lowest BCUT2D eigenvalue weighted by atomic mass is 10.2. The molecule has 118 valence electrons. The maximum atomic E-state index is 11.7. The van der Waals surface area contributed by atoms with Crippen LogP contribution in [0.5, 0.6) is 0 Å². The number of carbonyl (C=O) groups excluding carboxylic acids is 2. The van der Waals surface area contributed by atoms with Crippen LogP contribution in [0.2, 0.25) is 0 Å². The summed E-state index contributed by atoms with van der Waals surface area (Å²) in [6, 6.07) is 0. The van der Waals surface area contributed by atoms with Crippen LogP contribution in [0.1, 0.15) is 13.8 Å². The van der Waals surface area contributed by atoms with Gasteiger partial charge in [0.15, 0.2) is 10.2 Å². The maximum absolute atomic E-state index is 11.7. The number of hydrazone groups is 1. The molecule has 0 spiro atoms. The van der Waals surface area contributed by atoms with Crippen LogP contribution in [0.15, 0.2) is 17.8 Å². The first-order valence-corrected chi connectivity index (χ1v) is 7.76. The van der Waals surface area contributed by atoms with Crippen LogP contribution in [0.25, 0.3) is 0 Å². The van der Waals surface area contributed by atoms with E-state index in [4.69, 9.17) is 21.7 Å². The van der Waals surface area contributed by atoms with Crippen molar-refractivity contribution in [3.8, 4) is 0 Å². The highest BCUT2D eigenvalue weighted by Gasteiger charge is 2.28. The molecule has 0 amide bonds. The van der Waals surface area contributed by atoms with Crippen molar-refractivity contribution in [1.29, 1.82) is 0 Å². The van der Waals surface area contributed by atoms with Gasteiger partial charge in [0.25, 0.3) is 0 Å². The molecule has 8 heteroatoms. The molecule has 6 nitrogen and oxygen atoms in total. The molecule has 0 aromatic carbocycles. The zero-order valence-corrected chi connectivity index (χ0v) is 14.0. The van der Waals surface area contributed by atoms with Gasteiger partial charge in [0, 0.05) is 12.8 Å². The molecule has 0 saturated heterocycles. The molecule has 0 unspecified atom stereocenters. The van der Waals surface area contributed by atoms with Crippen molar-refractivity contribution in [3.05, 3.63) is 12.7 Å². The molecule has 0 atom stereocenters. The molecule has 0 aliphatic rings. The molecular weight excluding hydrogens is 312 g/mol. The van der Waals surface area contributed by atoms with Gasteiger partial charge in [0.05, 0.1) is 19.4 Å². The van der Waals surface area contributed by atoms with Crippen LogP contribution in [-0.4, -0.2) is 53.5 Å². The number of thiocarbonyl (C=S) groups is 1. The van der Waals surface area contributed by atoms with E-state index in [1.807, 2.05) is 0 Å². The molecule has 0 fully saturated rings. The van der Waals surface area contributed by atoms with Gasteiger partial charge in [-0.3, -0.25) is 14.6 Å². The van der Waals surface area contributed by atoms with Crippen molar-refractivity contribution in [2.75, 3.05) is 26.0 Å². The fraction of sp³-hybridized carbons (Fsp3) is 0.538. The Hall–Kier alpha value is -1.41. The zero-order valence-electron chi connectivity index (χ0n) is 12.4. The summed E-state index contributed by atoms with van der Waals surface area (Å²) in [5.74, 6) is -1.94. The highest BCUT2D eigenvalue weighted by molar-refractivity contribution is 8.23. The van der Waals surface area contributed by atoms with Gasteiger partial charge in [-0.15, -0.1) is 6.58 Å². The molecule has 0 rings (SSSR count). The van der Waals surface area contributed by atoms with Gasteiger partial charge in [-0.25, -0.2) is 0 Å². The van der Waals surface area contributed by atoms with E-state index in [0.29, 0.717) is 10.1 Å². The second-order valence-corrected chi connectivity index (χ2v) is 5.29. The lowest BCUT2D eigenvalue weighted by Crippen LogP contribution is -2.30. The summed E-state index contributed by atoms with van der Waals surface area (Å²) in [6.07, 6.45) is 2.89. The summed E-state index contributed by atoms with van der Waals surface area (Å²) in [6.45, 7) is 7.25. The minimum Gasteiger partial charge on any atom is -0.465 e. The highest BCUT2D eigenvalue weighted by atomic mass is 32.2. The van der Waals surface area contributed by atoms with E-state index in [2.05, 4.69) is 11.7 Å². The molecule has 0 aromatic rings.